The Morgan fingerprint density at radius 3 is 2.64 bits per heavy atom. The predicted octanol–water partition coefficient (Wildman–Crippen LogP) is 2.76. The first-order chi connectivity index (χ1) is 13.6. The fourth-order valence-corrected chi connectivity index (χ4v) is 3.97. The van der Waals surface area contributed by atoms with Gasteiger partial charge in [0.1, 0.15) is 0 Å². The van der Waals surface area contributed by atoms with Gasteiger partial charge in [-0.2, -0.15) is 0 Å². The van der Waals surface area contributed by atoms with Gasteiger partial charge in [0, 0.05) is 18.7 Å². The van der Waals surface area contributed by atoms with E-state index in [4.69, 9.17) is 14.2 Å². The second kappa shape index (κ2) is 8.02. The molecule has 1 amide bonds. The van der Waals surface area contributed by atoms with Gasteiger partial charge in [0.15, 0.2) is 23.9 Å². The Labute approximate surface area is 165 Å². The number of likely N-dealkylation sites (tertiary alicyclic amines) is 1. The lowest BCUT2D eigenvalue weighted by molar-refractivity contribution is -0.148. The summed E-state index contributed by atoms with van der Waals surface area (Å²) >= 11 is 1.41. The molecular formula is C20H19NO6S. The van der Waals surface area contributed by atoms with Gasteiger partial charge in [0.2, 0.25) is 6.79 Å². The molecule has 3 heterocycles. The van der Waals surface area contributed by atoms with Crippen LogP contribution < -0.4 is 9.47 Å². The molecule has 1 aromatic carbocycles. The average molecular weight is 401 g/mol. The van der Waals surface area contributed by atoms with Crippen molar-refractivity contribution < 1.29 is 28.6 Å². The number of amides is 1. The number of piperidine rings is 1. The maximum absolute atomic E-state index is 12.3. The number of carbonyl (C=O) groups is 3. The molecule has 0 saturated carbocycles. The van der Waals surface area contributed by atoms with Crippen LogP contribution in [0, 0.1) is 5.92 Å². The maximum Gasteiger partial charge on any atom is 0.309 e. The van der Waals surface area contributed by atoms with Crippen LogP contribution in [0.1, 0.15) is 32.9 Å². The smallest absolute Gasteiger partial charge is 0.309 e. The van der Waals surface area contributed by atoms with E-state index in [2.05, 4.69) is 0 Å². The molecule has 0 bridgehead atoms. The van der Waals surface area contributed by atoms with Gasteiger partial charge in [-0.05, 0) is 42.5 Å². The number of hydrogen-bond donors (Lipinski definition) is 0. The summed E-state index contributed by atoms with van der Waals surface area (Å²) in [5.41, 5.74) is 0.411. The second-order valence-electron chi connectivity index (χ2n) is 6.64. The van der Waals surface area contributed by atoms with E-state index < -0.39 is 5.97 Å². The zero-order valence-corrected chi connectivity index (χ0v) is 15.9. The standard InChI is InChI=1S/C20H19NO6S/c22-15(14-3-4-16-17(10-14)27-12-26-16)11-25-20(24)13-5-7-21(8-6-13)19(23)18-2-1-9-28-18/h1-4,9-10,13H,5-8,11-12H2. The minimum atomic E-state index is -0.391. The van der Waals surface area contributed by atoms with E-state index >= 15 is 0 Å². The van der Waals surface area contributed by atoms with Crippen LogP contribution in [-0.4, -0.2) is 49.0 Å². The molecule has 0 radical (unpaired) electrons. The van der Waals surface area contributed by atoms with Gasteiger partial charge in [0.05, 0.1) is 10.8 Å². The van der Waals surface area contributed by atoms with E-state index in [0.717, 1.165) is 0 Å². The molecule has 2 aromatic rings. The molecule has 0 N–H and O–H groups in total. The minimum Gasteiger partial charge on any atom is -0.457 e. The SMILES string of the molecule is O=C(COC(=O)C1CCN(C(=O)c2cccs2)CC1)c1ccc2c(c1)OCO2. The first kappa shape index (κ1) is 18.5. The van der Waals surface area contributed by atoms with Crippen LogP contribution in [0.5, 0.6) is 11.5 Å². The van der Waals surface area contributed by atoms with Crippen LogP contribution in [0.15, 0.2) is 35.7 Å². The molecule has 2 aliphatic heterocycles. The lowest BCUT2D eigenvalue weighted by Gasteiger charge is -2.30. The Morgan fingerprint density at radius 1 is 1.11 bits per heavy atom. The van der Waals surface area contributed by atoms with Gasteiger partial charge < -0.3 is 19.1 Å². The third-order valence-electron chi connectivity index (χ3n) is 4.89. The van der Waals surface area contributed by atoms with Crippen molar-refractivity contribution in [2.24, 2.45) is 5.92 Å². The lowest BCUT2D eigenvalue weighted by Crippen LogP contribution is -2.40. The highest BCUT2D eigenvalue weighted by Crippen LogP contribution is 2.32. The van der Waals surface area contributed by atoms with Crippen LogP contribution in [0.25, 0.3) is 0 Å². The van der Waals surface area contributed by atoms with Crippen LogP contribution in [0.4, 0.5) is 0 Å². The summed E-state index contributed by atoms with van der Waals surface area (Å²) in [7, 11) is 0. The van der Waals surface area contributed by atoms with E-state index in [1.165, 1.54) is 11.3 Å². The summed E-state index contributed by atoms with van der Waals surface area (Å²) in [5.74, 6) is 0.128. The summed E-state index contributed by atoms with van der Waals surface area (Å²) < 4.78 is 15.7. The van der Waals surface area contributed by atoms with Crippen molar-refractivity contribution in [3.63, 3.8) is 0 Å². The molecule has 0 aliphatic carbocycles. The highest BCUT2D eigenvalue weighted by atomic mass is 32.1. The molecule has 0 spiro atoms. The highest BCUT2D eigenvalue weighted by molar-refractivity contribution is 7.12. The zero-order valence-electron chi connectivity index (χ0n) is 15.1. The Bertz CT molecular complexity index is 886. The predicted molar refractivity (Wildman–Crippen MR) is 101 cm³/mol. The summed E-state index contributed by atoms with van der Waals surface area (Å²) in [4.78, 5) is 39.4. The number of thiophene rings is 1. The third kappa shape index (κ3) is 3.87. The Balaban J connectivity index is 1.25. The molecule has 28 heavy (non-hydrogen) atoms. The normalized spacial score (nSPS) is 16.1. The van der Waals surface area contributed by atoms with Gasteiger partial charge in [0.25, 0.3) is 5.91 Å². The summed E-state index contributed by atoms with van der Waals surface area (Å²) in [6.07, 6.45) is 1.07. The van der Waals surface area contributed by atoms with Crippen molar-refractivity contribution in [3.8, 4) is 11.5 Å². The highest BCUT2D eigenvalue weighted by Gasteiger charge is 2.29. The monoisotopic (exact) mass is 401 g/mol. The fourth-order valence-electron chi connectivity index (χ4n) is 3.28. The molecule has 0 unspecified atom stereocenters. The number of carbonyl (C=O) groups excluding carboxylic acids is 3. The number of nitrogens with zero attached hydrogens (tertiary/aromatic N) is 1. The van der Waals surface area contributed by atoms with Gasteiger partial charge in [-0.1, -0.05) is 6.07 Å². The first-order valence-corrected chi connectivity index (χ1v) is 9.92. The Hall–Kier alpha value is -2.87. The Morgan fingerprint density at radius 2 is 1.89 bits per heavy atom. The third-order valence-corrected chi connectivity index (χ3v) is 5.75. The molecule has 0 atom stereocenters. The van der Waals surface area contributed by atoms with Crippen molar-refractivity contribution in [1.29, 1.82) is 0 Å². The minimum absolute atomic E-state index is 0.000182. The number of fused-ring (bicyclic) bond motifs is 1. The van der Waals surface area contributed by atoms with Crippen molar-refractivity contribution >= 4 is 29.0 Å². The zero-order chi connectivity index (χ0) is 19.5. The van der Waals surface area contributed by atoms with Crippen LogP contribution >= 0.6 is 11.3 Å². The van der Waals surface area contributed by atoms with E-state index in [1.807, 2.05) is 11.4 Å². The molecule has 1 saturated heterocycles. The van der Waals surface area contributed by atoms with E-state index in [9.17, 15) is 14.4 Å². The topological polar surface area (TPSA) is 82.1 Å². The molecule has 1 aromatic heterocycles. The molecule has 8 heteroatoms. The Kier molecular flexibility index (Phi) is 5.29. The van der Waals surface area contributed by atoms with Gasteiger partial charge in [-0.25, -0.2) is 0 Å². The average Bonchev–Trinajstić information content (AvgIpc) is 3.42. The van der Waals surface area contributed by atoms with Crippen LogP contribution in [0.3, 0.4) is 0 Å². The summed E-state index contributed by atoms with van der Waals surface area (Å²) in [5, 5.41) is 1.87. The fraction of sp³-hybridized carbons (Fsp3) is 0.350. The second-order valence-corrected chi connectivity index (χ2v) is 7.59. The molecular weight excluding hydrogens is 382 g/mol. The number of rotatable bonds is 5. The molecule has 146 valence electrons. The number of ketones is 1. The quantitative estimate of drug-likeness (QED) is 0.566. The van der Waals surface area contributed by atoms with E-state index in [0.29, 0.717) is 47.9 Å². The number of hydrogen-bond acceptors (Lipinski definition) is 7. The molecule has 1 fully saturated rings. The summed E-state index contributed by atoms with van der Waals surface area (Å²) in [6.45, 7) is 0.835. The van der Waals surface area contributed by atoms with E-state index in [1.54, 1.807) is 29.2 Å². The van der Waals surface area contributed by atoms with Crippen molar-refractivity contribution in [1.82, 2.24) is 4.90 Å². The maximum atomic E-state index is 12.3. The van der Waals surface area contributed by atoms with Crippen LogP contribution in [-0.2, 0) is 9.53 Å². The van der Waals surface area contributed by atoms with E-state index in [-0.39, 0.29) is 31.0 Å². The number of ether oxygens (including phenoxy) is 3. The number of benzene rings is 1. The van der Waals surface area contributed by atoms with Gasteiger partial charge in [-0.3, -0.25) is 14.4 Å². The number of Topliss-reactive ketones (excluding diaryl/α,β-unsaturated/α-hetero) is 1. The van der Waals surface area contributed by atoms with Crippen LogP contribution in [0.2, 0.25) is 0 Å². The molecule has 4 rings (SSSR count). The molecule has 7 nitrogen and oxygen atoms in total. The molecule has 2 aliphatic rings. The summed E-state index contributed by atoms with van der Waals surface area (Å²) in [6, 6.07) is 8.53. The number of esters is 1. The van der Waals surface area contributed by atoms with Crippen molar-refractivity contribution in [2.75, 3.05) is 26.5 Å². The van der Waals surface area contributed by atoms with Crippen molar-refractivity contribution in [2.45, 2.75) is 12.8 Å². The first-order valence-electron chi connectivity index (χ1n) is 9.04. The van der Waals surface area contributed by atoms with Gasteiger partial charge in [-0.15, -0.1) is 11.3 Å². The van der Waals surface area contributed by atoms with Crippen molar-refractivity contribution in [3.05, 3.63) is 46.2 Å². The van der Waals surface area contributed by atoms with Gasteiger partial charge >= 0.3 is 5.97 Å². The lowest BCUT2D eigenvalue weighted by atomic mass is 9.97. The largest absolute Gasteiger partial charge is 0.457 e.